The number of carbonyl (C=O) groups is 4. The van der Waals surface area contributed by atoms with Crippen LogP contribution in [0.5, 0.6) is 0 Å². The number of halogens is 6. The lowest BCUT2D eigenvalue weighted by Crippen LogP contribution is -2.67. The molecule has 41 heavy (non-hydrogen) atoms. The van der Waals surface area contributed by atoms with E-state index in [0.29, 0.717) is 44.7 Å². The Morgan fingerprint density at radius 3 is 1.95 bits per heavy atom. The van der Waals surface area contributed by atoms with Crippen molar-refractivity contribution < 1.29 is 55.7 Å². The lowest BCUT2D eigenvalue weighted by molar-refractivity contribution is -0.193. The fraction of sp³-hybridized carbons (Fsp3) is 0.478. The van der Waals surface area contributed by atoms with Crippen molar-refractivity contribution in [3.63, 3.8) is 0 Å². The number of likely N-dealkylation sites (tertiary alicyclic amines) is 1. The summed E-state index contributed by atoms with van der Waals surface area (Å²) in [7, 11) is 2.02. The maximum Gasteiger partial charge on any atom is 0.490 e. The number of hydrogen-bond donors (Lipinski definition) is 3. The number of nitrogens with one attached hydrogen (secondary N) is 1. The smallest absolute Gasteiger partial charge is 0.475 e. The molecule has 2 aliphatic rings. The summed E-state index contributed by atoms with van der Waals surface area (Å²) in [6.07, 6.45) is -3.75. The normalized spacial score (nSPS) is 17.2. The number of alkyl halides is 6. The maximum absolute atomic E-state index is 13.4. The van der Waals surface area contributed by atoms with E-state index in [1.165, 1.54) is 0 Å². The van der Waals surface area contributed by atoms with E-state index in [1.807, 2.05) is 30.3 Å². The van der Waals surface area contributed by atoms with Gasteiger partial charge in [-0.2, -0.15) is 31.4 Å². The van der Waals surface area contributed by atoms with Crippen LogP contribution in [0.25, 0.3) is 0 Å². The van der Waals surface area contributed by atoms with E-state index >= 15 is 0 Å². The van der Waals surface area contributed by atoms with Gasteiger partial charge in [-0.1, -0.05) is 6.07 Å². The second kappa shape index (κ2) is 13.4. The molecule has 0 atom stereocenters. The Labute approximate surface area is 228 Å². The van der Waals surface area contributed by atoms with Crippen LogP contribution in [0.3, 0.4) is 0 Å². The number of carboxylic acid groups (broad SMARTS) is 2. The van der Waals surface area contributed by atoms with Gasteiger partial charge in [-0.15, -0.1) is 0 Å². The molecule has 226 valence electrons. The first-order chi connectivity index (χ1) is 19.0. The van der Waals surface area contributed by atoms with Gasteiger partial charge >= 0.3 is 24.3 Å². The molecule has 18 heteroatoms. The van der Waals surface area contributed by atoms with E-state index in [4.69, 9.17) is 19.8 Å². The second-order valence-electron chi connectivity index (χ2n) is 8.91. The first kappa shape index (κ1) is 33.0. The molecule has 2 saturated heterocycles. The van der Waals surface area contributed by atoms with E-state index in [2.05, 4.69) is 20.1 Å². The maximum atomic E-state index is 13.4. The van der Waals surface area contributed by atoms with Crippen molar-refractivity contribution in [3.8, 4) is 0 Å². The average molecular weight is 596 g/mol. The van der Waals surface area contributed by atoms with E-state index in [9.17, 15) is 35.9 Å². The Balaban J connectivity index is 0.000000349. The number of aromatic amines is 1. The van der Waals surface area contributed by atoms with E-state index in [1.54, 1.807) is 23.4 Å². The van der Waals surface area contributed by atoms with Crippen LogP contribution in [0.2, 0.25) is 0 Å². The molecule has 0 bridgehead atoms. The Kier molecular flexibility index (Phi) is 10.8. The summed E-state index contributed by atoms with van der Waals surface area (Å²) >= 11 is 0. The third-order valence-corrected chi connectivity index (χ3v) is 6.31. The van der Waals surface area contributed by atoms with Crippen LogP contribution in [0.4, 0.5) is 26.3 Å². The predicted octanol–water partition coefficient (Wildman–Crippen LogP) is 2.02. The highest BCUT2D eigenvalue weighted by atomic mass is 19.4. The number of hydrogen-bond acceptors (Lipinski definition) is 7. The fourth-order valence-electron chi connectivity index (χ4n) is 4.13. The van der Waals surface area contributed by atoms with Crippen LogP contribution >= 0.6 is 0 Å². The fourth-order valence-corrected chi connectivity index (χ4v) is 4.13. The van der Waals surface area contributed by atoms with Crippen LogP contribution in [0, 0.1) is 0 Å². The summed E-state index contributed by atoms with van der Waals surface area (Å²) in [4.78, 5) is 53.8. The molecule has 0 unspecified atom stereocenters. The van der Waals surface area contributed by atoms with Gasteiger partial charge in [0.15, 0.2) is 0 Å². The lowest BCUT2D eigenvalue weighted by Gasteiger charge is -2.51. The number of piperazine rings is 1. The minimum atomic E-state index is -5.08. The van der Waals surface area contributed by atoms with Crippen LogP contribution in [-0.2, 0) is 20.9 Å². The summed E-state index contributed by atoms with van der Waals surface area (Å²) in [5.41, 5.74) is 1.01. The largest absolute Gasteiger partial charge is 0.490 e. The zero-order chi connectivity index (χ0) is 31.0. The number of H-pyrrole nitrogens is 1. The van der Waals surface area contributed by atoms with Crippen molar-refractivity contribution in [2.24, 2.45) is 0 Å². The first-order valence-electron chi connectivity index (χ1n) is 11.8. The molecule has 4 heterocycles. The highest BCUT2D eigenvalue weighted by Crippen LogP contribution is 2.33. The molecule has 12 nitrogen and oxygen atoms in total. The third-order valence-electron chi connectivity index (χ3n) is 6.31. The average Bonchev–Trinajstić information content (AvgIpc) is 3.45. The van der Waals surface area contributed by atoms with Crippen molar-refractivity contribution in [1.82, 2.24) is 29.9 Å². The second-order valence-corrected chi connectivity index (χ2v) is 8.91. The standard InChI is InChI=1S/C19H24N6O2.2C2HF3O2/c1-23-11-12-25(14-15-3-2-7-20-13-15)18(27)19(23)5-9-24(10-6-19)17(26)16-4-8-21-22-16;2*3-2(4,5)1(6)7/h2-4,7-8,13H,5-6,9-12,14H2,1H3,(H,21,22);2*(H,6,7). The SMILES string of the molecule is CN1CCN(Cc2cccnc2)C(=O)C12CCN(C(=O)c1ccn[nH]1)CC2.O=C(O)C(F)(F)F.O=C(O)C(F)(F)F. The first-order valence-corrected chi connectivity index (χ1v) is 11.8. The van der Waals surface area contributed by atoms with Crippen LogP contribution in [-0.4, -0.2) is 115 Å². The minimum absolute atomic E-state index is 0.0551. The molecule has 0 aromatic carbocycles. The molecule has 2 aliphatic heterocycles. The van der Waals surface area contributed by atoms with Crippen molar-refractivity contribution in [2.45, 2.75) is 37.3 Å². The summed E-state index contributed by atoms with van der Waals surface area (Å²) in [5.74, 6) is -5.41. The van der Waals surface area contributed by atoms with Gasteiger partial charge in [-0.25, -0.2) is 9.59 Å². The number of nitrogens with zero attached hydrogens (tertiary/aromatic N) is 5. The van der Waals surface area contributed by atoms with Gasteiger partial charge in [0.05, 0.1) is 0 Å². The Hall–Kier alpha value is -4.22. The Morgan fingerprint density at radius 2 is 1.51 bits per heavy atom. The van der Waals surface area contributed by atoms with E-state index < -0.39 is 29.8 Å². The van der Waals surface area contributed by atoms with Crippen molar-refractivity contribution in [1.29, 1.82) is 0 Å². The van der Waals surface area contributed by atoms with E-state index in [0.717, 1.165) is 12.1 Å². The number of piperidine rings is 1. The molecular weight excluding hydrogens is 570 g/mol. The van der Waals surface area contributed by atoms with Crippen LogP contribution in [0.1, 0.15) is 28.9 Å². The molecular formula is C23H26F6N6O6. The number of pyridine rings is 1. The number of rotatable bonds is 3. The number of amides is 2. The molecule has 1 spiro atoms. The van der Waals surface area contributed by atoms with Gasteiger partial charge in [0, 0.05) is 51.3 Å². The molecule has 3 N–H and O–H groups in total. The lowest BCUT2D eigenvalue weighted by atomic mass is 9.82. The van der Waals surface area contributed by atoms with Gasteiger partial charge in [-0.05, 0) is 37.6 Å². The molecule has 0 saturated carbocycles. The summed E-state index contributed by atoms with van der Waals surface area (Å²) in [6, 6.07) is 5.57. The minimum Gasteiger partial charge on any atom is -0.475 e. The molecule has 2 amide bonds. The molecule has 2 aromatic heterocycles. The van der Waals surface area contributed by atoms with Crippen molar-refractivity contribution in [3.05, 3.63) is 48.0 Å². The van der Waals surface area contributed by atoms with Crippen molar-refractivity contribution in [2.75, 3.05) is 33.2 Å². The highest BCUT2D eigenvalue weighted by molar-refractivity contribution is 5.93. The quantitative estimate of drug-likeness (QED) is 0.451. The molecule has 0 radical (unpaired) electrons. The molecule has 2 aromatic rings. The van der Waals surface area contributed by atoms with Gasteiger partial charge in [-0.3, -0.25) is 24.6 Å². The van der Waals surface area contributed by atoms with Gasteiger partial charge in [0.2, 0.25) is 5.91 Å². The number of carboxylic acids is 2. The van der Waals surface area contributed by atoms with Gasteiger partial charge in [0.25, 0.3) is 5.91 Å². The molecule has 2 fully saturated rings. The Morgan fingerprint density at radius 1 is 0.951 bits per heavy atom. The summed E-state index contributed by atoms with van der Waals surface area (Å²) in [6.45, 7) is 3.26. The van der Waals surface area contributed by atoms with Crippen LogP contribution < -0.4 is 0 Å². The number of aromatic nitrogens is 3. The number of aliphatic carboxylic acids is 2. The van der Waals surface area contributed by atoms with Gasteiger partial charge in [0.1, 0.15) is 11.2 Å². The number of carbonyl (C=O) groups excluding carboxylic acids is 2. The van der Waals surface area contributed by atoms with Crippen molar-refractivity contribution >= 4 is 23.8 Å². The van der Waals surface area contributed by atoms with E-state index in [-0.39, 0.29) is 11.8 Å². The monoisotopic (exact) mass is 596 g/mol. The molecule has 0 aliphatic carbocycles. The summed E-state index contributed by atoms with van der Waals surface area (Å²) < 4.78 is 63.5. The van der Waals surface area contributed by atoms with Crippen LogP contribution in [0.15, 0.2) is 36.8 Å². The highest BCUT2D eigenvalue weighted by Gasteiger charge is 2.49. The number of likely N-dealkylation sites (N-methyl/N-ethyl adjacent to an activating group) is 1. The summed E-state index contributed by atoms with van der Waals surface area (Å²) in [5, 5.41) is 20.8. The zero-order valence-electron chi connectivity index (χ0n) is 21.4. The predicted molar refractivity (Wildman–Crippen MR) is 126 cm³/mol. The topological polar surface area (TPSA) is 160 Å². The molecule has 4 rings (SSSR count). The Bertz CT molecular complexity index is 1160. The zero-order valence-corrected chi connectivity index (χ0v) is 21.4. The third kappa shape index (κ3) is 8.89. The van der Waals surface area contributed by atoms with Gasteiger partial charge < -0.3 is 20.0 Å².